The number of carbonyl (C=O) groups excluding carboxylic acids is 2. The lowest BCUT2D eigenvalue weighted by atomic mass is 10.2. The van der Waals surface area contributed by atoms with Crippen LogP contribution in [0.4, 0.5) is 5.69 Å². The summed E-state index contributed by atoms with van der Waals surface area (Å²) in [5, 5.41) is 15.3. The van der Waals surface area contributed by atoms with E-state index in [1.807, 2.05) is 0 Å². The van der Waals surface area contributed by atoms with E-state index in [-0.39, 0.29) is 21.3 Å². The van der Waals surface area contributed by atoms with Gasteiger partial charge in [-0.25, -0.2) is 4.68 Å². The van der Waals surface area contributed by atoms with Gasteiger partial charge in [0, 0.05) is 24.6 Å². The molecular weight excluding hydrogens is 356 g/mol. The van der Waals surface area contributed by atoms with E-state index >= 15 is 0 Å². The molecule has 0 N–H and O–H groups in total. The van der Waals surface area contributed by atoms with E-state index in [0.29, 0.717) is 11.3 Å². The van der Waals surface area contributed by atoms with Crippen molar-refractivity contribution in [2.24, 2.45) is 4.99 Å². The van der Waals surface area contributed by atoms with Gasteiger partial charge in [-0.05, 0) is 18.2 Å². The van der Waals surface area contributed by atoms with Crippen molar-refractivity contribution in [3.8, 4) is 5.69 Å². The fourth-order valence-corrected chi connectivity index (χ4v) is 2.94. The van der Waals surface area contributed by atoms with Gasteiger partial charge in [-0.1, -0.05) is 35.6 Å². The van der Waals surface area contributed by atoms with Gasteiger partial charge < -0.3 is 0 Å². The fourth-order valence-electron chi connectivity index (χ4n) is 2.13. The highest BCUT2D eigenvalue weighted by Crippen LogP contribution is 2.16. The molecule has 0 saturated carbocycles. The van der Waals surface area contributed by atoms with Crippen LogP contribution in [-0.2, 0) is 0 Å². The van der Waals surface area contributed by atoms with E-state index in [1.165, 1.54) is 29.8 Å². The topological polar surface area (TPSA) is 107 Å². The normalized spacial score (nSPS) is 11.3. The summed E-state index contributed by atoms with van der Waals surface area (Å²) in [5.41, 5.74) is 0.589. The van der Waals surface area contributed by atoms with Crippen LogP contribution in [0.25, 0.3) is 5.69 Å². The van der Waals surface area contributed by atoms with Crippen molar-refractivity contribution in [3.05, 3.63) is 80.1 Å². The average Bonchev–Trinajstić information content (AvgIpc) is 3.06. The second kappa shape index (κ2) is 7.19. The first-order valence-electron chi connectivity index (χ1n) is 7.46. The second-order valence-corrected chi connectivity index (χ2v) is 6.17. The van der Waals surface area contributed by atoms with Crippen LogP contribution >= 0.6 is 11.3 Å². The number of nitro groups is 1. The molecular formula is C17H12N4O4S. The molecule has 0 unspecified atom stereocenters. The Bertz CT molecular complexity index is 1070. The Labute approximate surface area is 151 Å². The molecule has 130 valence electrons. The van der Waals surface area contributed by atoms with Crippen molar-refractivity contribution in [1.29, 1.82) is 0 Å². The third-order valence-electron chi connectivity index (χ3n) is 3.36. The Morgan fingerprint density at radius 2 is 1.88 bits per heavy atom. The number of benzene rings is 2. The molecule has 0 radical (unpaired) electrons. The Morgan fingerprint density at radius 1 is 1.15 bits per heavy atom. The molecule has 0 aliphatic carbocycles. The van der Waals surface area contributed by atoms with Crippen molar-refractivity contribution >= 4 is 28.7 Å². The maximum absolute atomic E-state index is 12.4. The number of hydrogen-bond acceptors (Lipinski definition) is 6. The average molecular weight is 368 g/mol. The SMILES string of the molecule is CC(=O)c1nn(-c2cccc([N+](=O)[O-])c2)c(=NC(=O)c2ccccc2)s1. The van der Waals surface area contributed by atoms with Crippen LogP contribution < -0.4 is 4.80 Å². The van der Waals surface area contributed by atoms with E-state index < -0.39 is 10.8 Å². The first-order chi connectivity index (χ1) is 12.5. The number of ketones is 1. The molecule has 0 aliphatic heterocycles. The maximum Gasteiger partial charge on any atom is 0.279 e. The van der Waals surface area contributed by atoms with Crippen LogP contribution in [0.2, 0.25) is 0 Å². The van der Waals surface area contributed by atoms with E-state index in [2.05, 4.69) is 10.1 Å². The van der Waals surface area contributed by atoms with Crippen LogP contribution in [0.1, 0.15) is 27.1 Å². The quantitative estimate of drug-likeness (QED) is 0.400. The van der Waals surface area contributed by atoms with Gasteiger partial charge in [0.2, 0.25) is 4.80 Å². The van der Waals surface area contributed by atoms with Gasteiger partial charge in [-0.2, -0.15) is 10.1 Å². The first kappa shape index (κ1) is 17.4. The number of nitro benzene ring substituents is 1. The van der Waals surface area contributed by atoms with Crippen molar-refractivity contribution in [2.45, 2.75) is 6.92 Å². The monoisotopic (exact) mass is 368 g/mol. The Balaban J connectivity index is 2.15. The third-order valence-corrected chi connectivity index (χ3v) is 4.37. The zero-order valence-corrected chi connectivity index (χ0v) is 14.3. The highest BCUT2D eigenvalue weighted by Gasteiger charge is 2.14. The molecule has 0 aliphatic rings. The van der Waals surface area contributed by atoms with Crippen molar-refractivity contribution in [3.63, 3.8) is 0 Å². The molecule has 1 amide bonds. The predicted molar refractivity (Wildman–Crippen MR) is 94.4 cm³/mol. The molecule has 8 nitrogen and oxygen atoms in total. The van der Waals surface area contributed by atoms with Gasteiger partial charge >= 0.3 is 0 Å². The van der Waals surface area contributed by atoms with Crippen LogP contribution in [0, 0.1) is 10.1 Å². The largest absolute Gasteiger partial charge is 0.292 e. The number of non-ortho nitro benzene ring substituents is 1. The van der Waals surface area contributed by atoms with Crippen LogP contribution in [0.3, 0.4) is 0 Å². The van der Waals surface area contributed by atoms with Crippen LogP contribution in [0.15, 0.2) is 59.6 Å². The van der Waals surface area contributed by atoms with Crippen LogP contribution in [0.5, 0.6) is 0 Å². The van der Waals surface area contributed by atoms with Gasteiger partial charge in [0.25, 0.3) is 11.6 Å². The van der Waals surface area contributed by atoms with Gasteiger partial charge in [0.15, 0.2) is 10.8 Å². The lowest BCUT2D eigenvalue weighted by Gasteiger charge is -2.01. The van der Waals surface area contributed by atoms with E-state index in [1.54, 1.807) is 36.4 Å². The van der Waals surface area contributed by atoms with Crippen LogP contribution in [-0.4, -0.2) is 26.4 Å². The number of amides is 1. The summed E-state index contributed by atoms with van der Waals surface area (Å²) in [6.07, 6.45) is 0. The Kier molecular flexibility index (Phi) is 4.81. The summed E-state index contributed by atoms with van der Waals surface area (Å²) in [7, 11) is 0. The summed E-state index contributed by atoms with van der Waals surface area (Å²) in [6.45, 7) is 1.35. The molecule has 1 aromatic heterocycles. The molecule has 0 fully saturated rings. The van der Waals surface area contributed by atoms with Gasteiger partial charge in [-0.15, -0.1) is 0 Å². The number of Topliss-reactive ketones (excluding diaryl/α,β-unsaturated/α-hetero) is 1. The number of nitrogens with zero attached hydrogens (tertiary/aromatic N) is 4. The summed E-state index contributed by atoms with van der Waals surface area (Å²) in [4.78, 5) is 38.7. The second-order valence-electron chi connectivity index (χ2n) is 5.22. The summed E-state index contributed by atoms with van der Waals surface area (Å²) in [5.74, 6) is -0.786. The van der Waals surface area contributed by atoms with Gasteiger partial charge in [0.1, 0.15) is 0 Å². The lowest BCUT2D eigenvalue weighted by Crippen LogP contribution is -2.17. The summed E-state index contributed by atoms with van der Waals surface area (Å²) in [6, 6.07) is 14.2. The fraction of sp³-hybridized carbons (Fsp3) is 0.0588. The molecule has 3 rings (SSSR count). The number of aromatic nitrogens is 2. The highest BCUT2D eigenvalue weighted by atomic mass is 32.1. The minimum absolute atomic E-state index is 0.132. The third kappa shape index (κ3) is 3.62. The van der Waals surface area contributed by atoms with Crippen molar-refractivity contribution < 1.29 is 14.5 Å². The molecule has 3 aromatic rings. The lowest BCUT2D eigenvalue weighted by molar-refractivity contribution is -0.384. The van der Waals surface area contributed by atoms with Crippen molar-refractivity contribution in [2.75, 3.05) is 0 Å². The minimum atomic E-state index is -0.533. The molecule has 0 saturated heterocycles. The molecule has 9 heteroatoms. The molecule has 1 heterocycles. The number of carbonyl (C=O) groups is 2. The smallest absolute Gasteiger partial charge is 0.279 e. The molecule has 0 atom stereocenters. The molecule has 0 bridgehead atoms. The van der Waals surface area contributed by atoms with Gasteiger partial charge in [0.05, 0.1) is 10.6 Å². The highest BCUT2D eigenvalue weighted by molar-refractivity contribution is 7.11. The van der Waals surface area contributed by atoms with E-state index in [4.69, 9.17) is 0 Å². The molecule has 26 heavy (non-hydrogen) atoms. The number of hydrogen-bond donors (Lipinski definition) is 0. The zero-order chi connectivity index (χ0) is 18.7. The summed E-state index contributed by atoms with van der Waals surface area (Å²) >= 11 is 0.945. The number of rotatable bonds is 4. The Hall–Kier alpha value is -3.46. The maximum atomic E-state index is 12.4. The standard InChI is InChI=1S/C17H12N4O4S/c1-11(22)16-19-20(13-8-5-9-14(10-13)21(24)25)17(26-16)18-15(23)12-6-3-2-4-7-12/h2-10H,1H3. The summed E-state index contributed by atoms with van der Waals surface area (Å²) < 4.78 is 1.26. The van der Waals surface area contributed by atoms with E-state index in [0.717, 1.165) is 11.3 Å². The van der Waals surface area contributed by atoms with Crippen molar-refractivity contribution in [1.82, 2.24) is 9.78 Å². The minimum Gasteiger partial charge on any atom is -0.292 e. The first-order valence-corrected chi connectivity index (χ1v) is 8.27. The molecule has 2 aromatic carbocycles. The van der Waals surface area contributed by atoms with Gasteiger partial charge in [-0.3, -0.25) is 19.7 Å². The zero-order valence-electron chi connectivity index (χ0n) is 13.5. The van der Waals surface area contributed by atoms with E-state index in [9.17, 15) is 19.7 Å². The molecule has 0 spiro atoms. The Morgan fingerprint density at radius 3 is 2.54 bits per heavy atom. The predicted octanol–water partition coefficient (Wildman–Crippen LogP) is 2.79.